The van der Waals surface area contributed by atoms with Crippen molar-refractivity contribution in [1.82, 2.24) is 0 Å². The number of carboxylic acid groups (broad SMARTS) is 1. The zero-order valence-electron chi connectivity index (χ0n) is 16.9. The second kappa shape index (κ2) is 9.82. The molecule has 1 atom stereocenters. The average Bonchev–Trinajstić information content (AvgIpc) is 2.74. The molecule has 0 aromatic heterocycles. The lowest BCUT2D eigenvalue weighted by atomic mass is 10.1. The molecule has 11 heteroatoms. The quantitative estimate of drug-likeness (QED) is 0.175. The van der Waals surface area contributed by atoms with Crippen molar-refractivity contribution >= 4 is 23.4 Å². The highest BCUT2D eigenvalue weighted by atomic mass is 32.2. The van der Waals surface area contributed by atoms with Crippen molar-refractivity contribution in [3.63, 3.8) is 0 Å². The smallest absolute Gasteiger partial charge is 0.416 e. The number of carboxylic acids is 1. The maximum Gasteiger partial charge on any atom is 0.416 e. The first kappa shape index (κ1) is 23.9. The lowest BCUT2D eigenvalue weighted by Gasteiger charge is -2.16. The van der Waals surface area contributed by atoms with Crippen LogP contribution in [0, 0.1) is 17.0 Å². The van der Waals surface area contributed by atoms with E-state index in [2.05, 4.69) is 0 Å². The Morgan fingerprint density at radius 1 is 1.06 bits per heavy atom. The normalized spacial score (nSPS) is 12.1. The Morgan fingerprint density at radius 3 is 2.33 bits per heavy atom. The molecule has 0 aliphatic carbocycles. The molecule has 0 amide bonds. The van der Waals surface area contributed by atoms with Gasteiger partial charge in [-0.1, -0.05) is 30.0 Å². The molecule has 0 aliphatic heterocycles. The zero-order chi connectivity index (χ0) is 24.2. The Balaban J connectivity index is 1.89. The summed E-state index contributed by atoms with van der Waals surface area (Å²) in [4.78, 5) is 22.9. The second-order valence-corrected chi connectivity index (χ2v) is 7.82. The highest BCUT2D eigenvalue weighted by Crippen LogP contribution is 2.38. The third kappa shape index (κ3) is 6.16. The molecule has 7 nitrogen and oxygen atoms in total. The standard InChI is InChI=1S/C22H16F3NO6S/c1-13-11-14(22(23,24)25)7-10-18(13)31-15-8-9-17(26(29)30)19(12-15)32-21(20(27)28)33-16-5-3-2-4-6-16/h2-12,21H,1H3,(H,27,28). The first-order valence-electron chi connectivity index (χ1n) is 9.30. The summed E-state index contributed by atoms with van der Waals surface area (Å²) in [6.07, 6.45) is -4.51. The molecule has 0 spiro atoms. The summed E-state index contributed by atoms with van der Waals surface area (Å²) < 4.78 is 49.6. The van der Waals surface area contributed by atoms with Crippen molar-refractivity contribution < 1.29 is 37.5 Å². The van der Waals surface area contributed by atoms with Gasteiger partial charge in [0.15, 0.2) is 0 Å². The number of thioether (sulfide) groups is 1. The number of hydrogen-bond donors (Lipinski definition) is 1. The Hall–Kier alpha value is -3.73. The van der Waals surface area contributed by atoms with Crippen LogP contribution < -0.4 is 9.47 Å². The van der Waals surface area contributed by atoms with Gasteiger partial charge in [-0.05, 0) is 48.9 Å². The van der Waals surface area contributed by atoms with Gasteiger partial charge in [0, 0.05) is 17.0 Å². The van der Waals surface area contributed by atoms with Crippen molar-refractivity contribution in [2.45, 2.75) is 23.4 Å². The summed E-state index contributed by atoms with van der Waals surface area (Å²) in [6.45, 7) is 1.42. The molecule has 0 radical (unpaired) electrons. The Morgan fingerprint density at radius 2 is 1.76 bits per heavy atom. The number of ether oxygens (including phenoxy) is 2. The SMILES string of the molecule is Cc1cc(C(F)(F)F)ccc1Oc1ccc([N+](=O)[O-])c(OC(Sc2ccccc2)C(=O)O)c1. The molecule has 3 rings (SSSR count). The summed E-state index contributed by atoms with van der Waals surface area (Å²) in [5.74, 6) is -1.61. The molecule has 0 saturated heterocycles. The first-order valence-corrected chi connectivity index (χ1v) is 10.2. The van der Waals surface area contributed by atoms with Gasteiger partial charge in [-0.25, -0.2) is 4.79 Å². The van der Waals surface area contributed by atoms with E-state index in [9.17, 15) is 33.2 Å². The van der Waals surface area contributed by atoms with E-state index in [4.69, 9.17) is 9.47 Å². The molecule has 172 valence electrons. The van der Waals surface area contributed by atoms with Gasteiger partial charge in [-0.3, -0.25) is 10.1 Å². The van der Waals surface area contributed by atoms with E-state index in [-0.39, 0.29) is 22.8 Å². The Kier molecular flexibility index (Phi) is 7.12. The van der Waals surface area contributed by atoms with Crippen LogP contribution in [0.5, 0.6) is 17.2 Å². The fourth-order valence-electron chi connectivity index (χ4n) is 2.73. The number of benzene rings is 3. The minimum Gasteiger partial charge on any atom is -0.478 e. The largest absolute Gasteiger partial charge is 0.478 e. The van der Waals surface area contributed by atoms with Gasteiger partial charge in [0.25, 0.3) is 0 Å². The van der Waals surface area contributed by atoms with Crippen molar-refractivity contribution in [3.8, 4) is 17.2 Å². The maximum atomic E-state index is 12.9. The van der Waals surface area contributed by atoms with Gasteiger partial charge in [-0.2, -0.15) is 13.2 Å². The average molecular weight is 479 g/mol. The molecular formula is C22H16F3NO6S. The number of nitro groups is 1. The second-order valence-electron chi connectivity index (χ2n) is 6.69. The van der Waals surface area contributed by atoms with Gasteiger partial charge in [0.05, 0.1) is 10.5 Å². The van der Waals surface area contributed by atoms with Crippen LogP contribution in [-0.4, -0.2) is 21.4 Å². The van der Waals surface area contributed by atoms with Gasteiger partial charge in [0.1, 0.15) is 11.5 Å². The summed E-state index contributed by atoms with van der Waals surface area (Å²) in [7, 11) is 0. The van der Waals surface area contributed by atoms with Crippen LogP contribution in [-0.2, 0) is 11.0 Å². The summed E-state index contributed by atoms with van der Waals surface area (Å²) >= 11 is 0.837. The van der Waals surface area contributed by atoms with E-state index in [1.807, 2.05) is 0 Å². The van der Waals surface area contributed by atoms with Gasteiger partial charge < -0.3 is 14.6 Å². The molecule has 3 aromatic rings. The number of rotatable bonds is 8. The fourth-order valence-corrected chi connectivity index (χ4v) is 3.55. The molecule has 0 fully saturated rings. The van der Waals surface area contributed by atoms with Crippen LogP contribution in [0.3, 0.4) is 0 Å². The summed E-state index contributed by atoms with van der Waals surface area (Å²) in [5, 5.41) is 20.9. The molecule has 0 heterocycles. The van der Waals surface area contributed by atoms with Crippen molar-refractivity contribution in [3.05, 3.63) is 88.0 Å². The topological polar surface area (TPSA) is 98.9 Å². The molecule has 0 saturated carbocycles. The molecule has 0 bridgehead atoms. The first-order chi connectivity index (χ1) is 15.5. The number of nitrogens with zero attached hydrogens (tertiary/aromatic N) is 1. The van der Waals surface area contributed by atoms with Gasteiger partial charge in [0.2, 0.25) is 11.2 Å². The predicted octanol–water partition coefficient (Wildman–Crippen LogP) is 6.30. The fraction of sp³-hybridized carbons (Fsp3) is 0.136. The number of alkyl halides is 3. The lowest BCUT2D eigenvalue weighted by molar-refractivity contribution is -0.385. The molecule has 3 aromatic carbocycles. The van der Waals surface area contributed by atoms with Crippen LogP contribution in [0.4, 0.5) is 18.9 Å². The molecular weight excluding hydrogens is 463 g/mol. The minimum atomic E-state index is -4.51. The van der Waals surface area contributed by atoms with Crippen LogP contribution in [0.2, 0.25) is 0 Å². The number of aryl methyl sites for hydroxylation is 1. The Labute approximate surface area is 189 Å². The van der Waals surface area contributed by atoms with Crippen LogP contribution in [0.25, 0.3) is 0 Å². The molecule has 1 unspecified atom stereocenters. The minimum absolute atomic E-state index is 0.0207. The van der Waals surface area contributed by atoms with Crippen LogP contribution in [0.1, 0.15) is 11.1 Å². The van der Waals surface area contributed by atoms with E-state index in [0.717, 1.165) is 42.1 Å². The number of aliphatic carboxylic acids is 1. The third-order valence-corrected chi connectivity index (χ3v) is 5.34. The Bertz CT molecular complexity index is 1170. The van der Waals surface area contributed by atoms with E-state index in [1.165, 1.54) is 13.0 Å². The van der Waals surface area contributed by atoms with Crippen molar-refractivity contribution in [1.29, 1.82) is 0 Å². The predicted molar refractivity (Wildman–Crippen MR) is 114 cm³/mol. The van der Waals surface area contributed by atoms with E-state index < -0.39 is 33.8 Å². The summed E-state index contributed by atoms with van der Waals surface area (Å²) in [6, 6.07) is 14.8. The number of carbonyl (C=O) groups is 1. The maximum absolute atomic E-state index is 12.9. The molecule has 1 N–H and O–H groups in total. The van der Waals surface area contributed by atoms with Gasteiger partial charge in [-0.15, -0.1) is 0 Å². The van der Waals surface area contributed by atoms with Crippen molar-refractivity contribution in [2.75, 3.05) is 0 Å². The van der Waals surface area contributed by atoms with E-state index in [0.29, 0.717) is 4.90 Å². The number of halogens is 3. The molecule has 0 aliphatic rings. The van der Waals surface area contributed by atoms with Gasteiger partial charge >= 0.3 is 17.8 Å². The summed E-state index contributed by atoms with van der Waals surface area (Å²) in [5.41, 5.74) is -2.66. The van der Waals surface area contributed by atoms with Crippen LogP contribution >= 0.6 is 11.8 Å². The van der Waals surface area contributed by atoms with Crippen molar-refractivity contribution in [2.24, 2.45) is 0 Å². The molecule has 33 heavy (non-hydrogen) atoms. The number of nitro benzene ring substituents is 1. The monoisotopic (exact) mass is 479 g/mol. The number of hydrogen-bond acceptors (Lipinski definition) is 6. The van der Waals surface area contributed by atoms with Crippen LogP contribution in [0.15, 0.2) is 71.6 Å². The van der Waals surface area contributed by atoms with E-state index >= 15 is 0 Å². The third-order valence-electron chi connectivity index (χ3n) is 4.28. The zero-order valence-corrected chi connectivity index (χ0v) is 17.7. The highest BCUT2D eigenvalue weighted by Gasteiger charge is 2.31. The van der Waals surface area contributed by atoms with E-state index in [1.54, 1.807) is 30.3 Å². The highest BCUT2D eigenvalue weighted by molar-refractivity contribution is 8.00. The lowest BCUT2D eigenvalue weighted by Crippen LogP contribution is -2.23.